The van der Waals surface area contributed by atoms with Crippen molar-refractivity contribution in [3.8, 4) is 0 Å². The molecule has 0 saturated carbocycles. The van der Waals surface area contributed by atoms with Crippen molar-refractivity contribution in [3.63, 3.8) is 0 Å². The number of halogens is 1. The maximum absolute atomic E-state index is 13.0. The fourth-order valence-corrected chi connectivity index (χ4v) is 2.91. The Bertz CT molecular complexity index is 980. The van der Waals surface area contributed by atoms with Gasteiger partial charge >= 0.3 is 5.97 Å². The molecule has 2 aromatic carbocycles. The Morgan fingerprint density at radius 2 is 1.86 bits per heavy atom. The summed E-state index contributed by atoms with van der Waals surface area (Å²) in [4.78, 5) is 28.9. The van der Waals surface area contributed by atoms with E-state index in [0.29, 0.717) is 24.4 Å². The lowest BCUT2D eigenvalue weighted by Gasteiger charge is -2.12. The van der Waals surface area contributed by atoms with Crippen LogP contribution >= 0.6 is 0 Å². The number of para-hydroxylation sites is 2. The van der Waals surface area contributed by atoms with Crippen LogP contribution in [0.25, 0.3) is 11.0 Å². The van der Waals surface area contributed by atoms with Gasteiger partial charge in [0, 0.05) is 18.5 Å². The quantitative estimate of drug-likeness (QED) is 0.637. The maximum Gasteiger partial charge on any atom is 0.326 e. The molecule has 1 amide bonds. The van der Waals surface area contributed by atoms with Crippen molar-refractivity contribution in [2.45, 2.75) is 32.9 Å². The molecular formula is C21H22FN3O3. The predicted molar refractivity (Wildman–Crippen MR) is 103 cm³/mol. The van der Waals surface area contributed by atoms with E-state index in [-0.39, 0.29) is 24.5 Å². The van der Waals surface area contributed by atoms with Gasteiger partial charge in [0.25, 0.3) is 5.91 Å². The van der Waals surface area contributed by atoms with Gasteiger partial charge in [0.05, 0.1) is 17.1 Å². The molecule has 0 unspecified atom stereocenters. The molecule has 1 aromatic heterocycles. The highest BCUT2D eigenvalue weighted by molar-refractivity contribution is 5.94. The van der Waals surface area contributed by atoms with Gasteiger partial charge in [-0.05, 0) is 50.2 Å². The monoisotopic (exact) mass is 383 g/mol. The Morgan fingerprint density at radius 3 is 2.57 bits per heavy atom. The predicted octanol–water partition coefficient (Wildman–Crippen LogP) is 3.10. The Hall–Kier alpha value is -3.22. The average molecular weight is 383 g/mol. The first-order valence-corrected chi connectivity index (χ1v) is 9.11. The van der Waals surface area contributed by atoms with Gasteiger partial charge in [-0.15, -0.1) is 0 Å². The van der Waals surface area contributed by atoms with Gasteiger partial charge < -0.3 is 14.6 Å². The Kier molecular flexibility index (Phi) is 6.03. The van der Waals surface area contributed by atoms with Crippen LogP contribution in [0.3, 0.4) is 0 Å². The minimum atomic E-state index is -0.390. The van der Waals surface area contributed by atoms with Crippen molar-refractivity contribution in [1.82, 2.24) is 14.9 Å². The van der Waals surface area contributed by atoms with E-state index in [1.165, 1.54) is 24.3 Å². The molecule has 7 heteroatoms. The number of carbonyl (C=O) groups excluding carboxylic acids is 2. The molecule has 1 N–H and O–H groups in total. The standard InChI is InChI=1S/C21H22FN3O3/c1-14(2)28-20(26)13-25-18-6-4-3-5-17(18)24-19(25)11-12-23-21(27)15-7-9-16(22)10-8-15/h3-10,14H,11-13H2,1-2H3,(H,23,27). The van der Waals surface area contributed by atoms with Crippen LogP contribution < -0.4 is 5.32 Å². The van der Waals surface area contributed by atoms with Crippen LogP contribution in [-0.2, 0) is 22.5 Å². The number of fused-ring (bicyclic) bond motifs is 1. The van der Waals surface area contributed by atoms with E-state index in [2.05, 4.69) is 10.3 Å². The van der Waals surface area contributed by atoms with Gasteiger partial charge in [0.2, 0.25) is 0 Å². The zero-order chi connectivity index (χ0) is 20.1. The third kappa shape index (κ3) is 4.73. The average Bonchev–Trinajstić information content (AvgIpc) is 2.99. The number of rotatable bonds is 7. The molecule has 0 aliphatic rings. The molecule has 0 spiro atoms. The van der Waals surface area contributed by atoms with Gasteiger partial charge in [-0.1, -0.05) is 12.1 Å². The molecular weight excluding hydrogens is 361 g/mol. The molecule has 1 heterocycles. The fourth-order valence-electron chi connectivity index (χ4n) is 2.91. The molecule has 0 fully saturated rings. The number of nitrogens with zero attached hydrogens (tertiary/aromatic N) is 2. The van der Waals surface area contributed by atoms with Crippen molar-refractivity contribution in [2.75, 3.05) is 6.54 Å². The van der Waals surface area contributed by atoms with Crippen LogP contribution in [0.5, 0.6) is 0 Å². The van der Waals surface area contributed by atoms with E-state index in [0.717, 1.165) is 11.0 Å². The molecule has 3 aromatic rings. The third-order valence-electron chi connectivity index (χ3n) is 4.13. The topological polar surface area (TPSA) is 73.2 Å². The van der Waals surface area contributed by atoms with Crippen molar-refractivity contribution >= 4 is 22.9 Å². The summed E-state index contributed by atoms with van der Waals surface area (Å²) in [5.41, 5.74) is 2.00. The number of carbonyl (C=O) groups is 2. The molecule has 146 valence electrons. The van der Waals surface area contributed by atoms with E-state index >= 15 is 0 Å². The summed E-state index contributed by atoms with van der Waals surface area (Å²) in [6.45, 7) is 3.99. The number of aromatic nitrogens is 2. The van der Waals surface area contributed by atoms with E-state index in [1.54, 1.807) is 13.8 Å². The minimum absolute atomic E-state index is 0.0555. The molecule has 0 aliphatic carbocycles. The fraction of sp³-hybridized carbons (Fsp3) is 0.286. The first kappa shape index (κ1) is 19.5. The Morgan fingerprint density at radius 1 is 1.14 bits per heavy atom. The molecule has 0 radical (unpaired) electrons. The molecule has 0 aliphatic heterocycles. The largest absolute Gasteiger partial charge is 0.462 e. The number of nitrogens with one attached hydrogen (secondary N) is 1. The van der Waals surface area contributed by atoms with Gasteiger partial charge in [0.15, 0.2) is 0 Å². The second kappa shape index (κ2) is 8.65. The number of hydrogen-bond acceptors (Lipinski definition) is 4. The summed E-state index contributed by atoms with van der Waals surface area (Å²) in [7, 11) is 0. The van der Waals surface area contributed by atoms with Crippen LogP contribution in [0.1, 0.15) is 30.0 Å². The molecule has 28 heavy (non-hydrogen) atoms. The van der Waals surface area contributed by atoms with Crippen molar-refractivity contribution in [1.29, 1.82) is 0 Å². The van der Waals surface area contributed by atoms with Gasteiger partial charge in [-0.3, -0.25) is 9.59 Å². The summed E-state index contributed by atoms with van der Waals surface area (Å²) in [5.74, 6) is -0.337. The number of ether oxygens (including phenoxy) is 1. The van der Waals surface area contributed by atoms with E-state index in [9.17, 15) is 14.0 Å². The van der Waals surface area contributed by atoms with Crippen molar-refractivity contribution in [3.05, 3.63) is 65.7 Å². The zero-order valence-corrected chi connectivity index (χ0v) is 15.8. The second-order valence-electron chi connectivity index (χ2n) is 6.65. The van der Waals surface area contributed by atoms with E-state index in [4.69, 9.17) is 4.74 Å². The highest BCUT2D eigenvalue weighted by atomic mass is 19.1. The van der Waals surface area contributed by atoms with Crippen LogP contribution in [0.4, 0.5) is 4.39 Å². The normalized spacial score (nSPS) is 11.0. The van der Waals surface area contributed by atoms with Gasteiger partial charge in [-0.2, -0.15) is 0 Å². The first-order chi connectivity index (χ1) is 13.4. The number of benzene rings is 2. The Balaban J connectivity index is 1.71. The Labute approximate surface area is 162 Å². The molecule has 6 nitrogen and oxygen atoms in total. The van der Waals surface area contributed by atoms with E-state index < -0.39 is 5.82 Å². The lowest BCUT2D eigenvalue weighted by Crippen LogP contribution is -2.27. The number of imidazole rings is 1. The molecule has 0 bridgehead atoms. The minimum Gasteiger partial charge on any atom is -0.462 e. The molecule has 3 rings (SSSR count). The van der Waals surface area contributed by atoms with Gasteiger partial charge in [0.1, 0.15) is 18.2 Å². The summed E-state index contributed by atoms with van der Waals surface area (Å²) in [5, 5.41) is 2.79. The second-order valence-corrected chi connectivity index (χ2v) is 6.65. The smallest absolute Gasteiger partial charge is 0.326 e. The lowest BCUT2D eigenvalue weighted by molar-refractivity contribution is -0.148. The number of amides is 1. The summed E-state index contributed by atoms with van der Waals surface area (Å²) >= 11 is 0. The summed E-state index contributed by atoms with van der Waals surface area (Å²) < 4.78 is 20.0. The lowest BCUT2D eigenvalue weighted by atomic mass is 10.2. The highest BCUT2D eigenvalue weighted by Crippen LogP contribution is 2.17. The zero-order valence-electron chi connectivity index (χ0n) is 15.8. The van der Waals surface area contributed by atoms with E-state index in [1.807, 2.05) is 28.8 Å². The molecule has 0 saturated heterocycles. The van der Waals surface area contributed by atoms with Crippen molar-refractivity contribution in [2.24, 2.45) is 0 Å². The van der Waals surface area contributed by atoms with Crippen LogP contribution in [0.2, 0.25) is 0 Å². The van der Waals surface area contributed by atoms with Crippen LogP contribution in [0, 0.1) is 5.82 Å². The van der Waals surface area contributed by atoms with Gasteiger partial charge in [-0.25, -0.2) is 9.37 Å². The number of esters is 1. The highest BCUT2D eigenvalue weighted by Gasteiger charge is 2.15. The SMILES string of the molecule is CC(C)OC(=O)Cn1c(CCNC(=O)c2ccc(F)cc2)nc2ccccc21. The van der Waals surface area contributed by atoms with Crippen LogP contribution in [0.15, 0.2) is 48.5 Å². The number of hydrogen-bond donors (Lipinski definition) is 1. The van der Waals surface area contributed by atoms with Crippen LogP contribution in [-0.4, -0.2) is 34.1 Å². The van der Waals surface area contributed by atoms with Crippen molar-refractivity contribution < 1.29 is 18.7 Å². The molecule has 0 atom stereocenters. The third-order valence-corrected chi connectivity index (χ3v) is 4.13. The summed E-state index contributed by atoms with van der Waals surface area (Å²) in [6, 6.07) is 12.9. The maximum atomic E-state index is 13.0. The summed E-state index contributed by atoms with van der Waals surface area (Å²) in [6.07, 6.45) is 0.247. The first-order valence-electron chi connectivity index (χ1n) is 9.11.